The minimum atomic E-state index is -4.45. The highest BCUT2D eigenvalue weighted by Gasteiger charge is 2.34. The van der Waals surface area contributed by atoms with Crippen LogP contribution in [0.5, 0.6) is 0 Å². The Balaban J connectivity index is 2.29. The molecule has 0 fully saturated rings. The topological polar surface area (TPSA) is 50.9 Å². The smallest absolute Gasteiger partial charge is 0.398 e. The summed E-state index contributed by atoms with van der Waals surface area (Å²) in [5.41, 5.74) is 6.28. The third kappa shape index (κ3) is 3.01. The highest BCUT2D eigenvalue weighted by atomic mass is 19.4. The van der Waals surface area contributed by atoms with E-state index in [0.29, 0.717) is 5.69 Å². The fraction of sp³-hybridized carbons (Fsp3) is 0.214. The van der Waals surface area contributed by atoms with Crippen LogP contribution in [0.4, 0.5) is 24.7 Å². The minimum absolute atomic E-state index is 0.198. The standard InChI is InChI=1S/C14H14F3N3/c1-9(10-5-2-3-7-12(10)18)20-13-11(14(15,16)17)6-4-8-19-13/h2-9H,18H2,1H3,(H,19,20). The number of aromatic nitrogens is 1. The molecule has 0 spiro atoms. The van der Waals surface area contributed by atoms with Crippen LogP contribution < -0.4 is 11.1 Å². The number of pyridine rings is 1. The van der Waals surface area contributed by atoms with E-state index in [1.807, 2.05) is 0 Å². The van der Waals surface area contributed by atoms with Gasteiger partial charge < -0.3 is 11.1 Å². The summed E-state index contributed by atoms with van der Waals surface area (Å²) in [5, 5.41) is 2.76. The van der Waals surface area contributed by atoms with E-state index in [0.717, 1.165) is 11.6 Å². The number of para-hydroxylation sites is 1. The summed E-state index contributed by atoms with van der Waals surface area (Å²) in [6.07, 6.45) is -3.13. The summed E-state index contributed by atoms with van der Waals surface area (Å²) in [6.45, 7) is 1.74. The first kappa shape index (κ1) is 14.2. The van der Waals surface area contributed by atoms with Gasteiger partial charge in [-0.15, -0.1) is 0 Å². The molecular formula is C14H14F3N3. The Morgan fingerprint density at radius 1 is 1.15 bits per heavy atom. The van der Waals surface area contributed by atoms with E-state index >= 15 is 0 Å². The van der Waals surface area contributed by atoms with E-state index in [4.69, 9.17) is 5.73 Å². The predicted octanol–water partition coefficient (Wildman–Crippen LogP) is 3.86. The summed E-state index contributed by atoms with van der Waals surface area (Å²) in [7, 11) is 0. The lowest BCUT2D eigenvalue weighted by atomic mass is 10.1. The molecule has 0 aliphatic carbocycles. The number of anilines is 2. The van der Waals surface area contributed by atoms with Crippen LogP contribution in [0, 0.1) is 0 Å². The molecule has 20 heavy (non-hydrogen) atoms. The fourth-order valence-corrected chi connectivity index (χ4v) is 1.94. The SMILES string of the molecule is CC(Nc1ncccc1C(F)(F)F)c1ccccc1N. The molecular weight excluding hydrogens is 267 g/mol. The number of nitrogens with two attached hydrogens (primary N) is 1. The molecule has 106 valence electrons. The van der Waals surface area contributed by atoms with Gasteiger partial charge in [-0.1, -0.05) is 18.2 Å². The predicted molar refractivity (Wildman–Crippen MR) is 72.1 cm³/mol. The zero-order valence-corrected chi connectivity index (χ0v) is 10.8. The van der Waals surface area contributed by atoms with Gasteiger partial charge in [0.15, 0.2) is 0 Å². The van der Waals surface area contributed by atoms with Crippen molar-refractivity contribution in [1.29, 1.82) is 0 Å². The average Bonchev–Trinajstić information content (AvgIpc) is 2.38. The molecule has 6 heteroatoms. The molecule has 3 N–H and O–H groups in total. The molecule has 0 aliphatic rings. The highest BCUT2D eigenvalue weighted by molar-refractivity contribution is 5.53. The van der Waals surface area contributed by atoms with Gasteiger partial charge in [0, 0.05) is 11.9 Å². The van der Waals surface area contributed by atoms with E-state index in [2.05, 4.69) is 10.3 Å². The molecule has 0 amide bonds. The first-order valence-electron chi connectivity index (χ1n) is 6.02. The largest absolute Gasteiger partial charge is 0.419 e. The van der Waals surface area contributed by atoms with Gasteiger partial charge in [-0.3, -0.25) is 0 Å². The van der Waals surface area contributed by atoms with Gasteiger partial charge in [0.25, 0.3) is 0 Å². The second-order valence-electron chi connectivity index (χ2n) is 4.39. The third-order valence-corrected chi connectivity index (χ3v) is 2.93. The Hall–Kier alpha value is -2.24. The van der Waals surface area contributed by atoms with Gasteiger partial charge >= 0.3 is 6.18 Å². The van der Waals surface area contributed by atoms with Crippen LogP contribution >= 0.6 is 0 Å². The van der Waals surface area contributed by atoms with Crippen molar-refractivity contribution in [3.05, 3.63) is 53.7 Å². The Morgan fingerprint density at radius 3 is 2.50 bits per heavy atom. The Morgan fingerprint density at radius 2 is 1.85 bits per heavy atom. The number of hydrogen-bond donors (Lipinski definition) is 2. The minimum Gasteiger partial charge on any atom is -0.398 e. The molecule has 2 rings (SSSR count). The van der Waals surface area contributed by atoms with Crippen molar-refractivity contribution < 1.29 is 13.2 Å². The maximum absolute atomic E-state index is 12.9. The molecule has 0 saturated carbocycles. The van der Waals surface area contributed by atoms with Crippen molar-refractivity contribution in [2.24, 2.45) is 0 Å². The summed E-state index contributed by atoms with van der Waals surface area (Å²) >= 11 is 0. The quantitative estimate of drug-likeness (QED) is 0.840. The average molecular weight is 281 g/mol. The Kier molecular flexibility index (Phi) is 3.83. The zero-order chi connectivity index (χ0) is 14.8. The van der Waals surface area contributed by atoms with Gasteiger partial charge in [-0.25, -0.2) is 4.98 Å². The number of nitrogens with zero attached hydrogens (tertiary/aromatic N) is 1. The van der Waals surface area contributed by atoms with Crippen LogP contribution in [0.2, 0.25) is 0 Å². The van der Waals surface area contributed by atoms with Gasteiger partial charge in [0.2, 0.25) is 0 Å². The number of rotatable bonds is 3. The number of alkyl halides is 3. The molecule has 3 nitrogen and oxygen atoms in total. The number of benzene rings is 1. The lowest BCUT2D eigenvalue weighted by molar-refractivity contribution is -0.137. The maximum atomic E-state index is 12.9. The summed E-state index contributed by atoms with van der Waals surface area (Å²) in [6, 6.07) is 8.90. The lowest BCUT2D eigenvalue weighted by Gasteiger charge is -2.19. The van der Waals surface area contributed by atoms with Crippen LogP contribution in [0.15, 0.2) is 42.6 Å². The number of hydrogen-bond acceptors (Lipinski definition) is 3. The normalized spacial score (nSPS) is 13.0. The summed E-state index contributed by atoms with van der Waals surface area (Å²) in [4.78, 5) is 3.77. The second-order valence-corrected chi connectivity index (χ2v) is 4.39. The van der Waals surface area contributed by atoms with E-state index in [1.54, 1.807) is 31.2 Å². The Labute approximate surface area is 114 Å². The van der Waals surface area contributed by atoms with Crippen LogP contribution in [0.25, 0.3) is 0 Å². The summed E-state index contributed by atoms with van der Waals surface area (Å²) < 4.78 is 38.6. The van der Waals surface area contributed by atoms with Crippen molar-refractivity contribution in [3.8, 4) is 0 Å². The number of nitrogens with one attached hydrogen (secondary N) is 1. The highest BCUT2D eigenvalue weighted by Crippen LogP contribution is 2.35. The monoisotopic (exact) mass is 281 g/mol. The summed E-state index contributed by atoms with van der Waals surface area (Å²) in [5.74, 6) is -0.198. The van der Waals surface area contributed by atoms with Gasteiger partial charge in [-0.2, -0.15) is 13.2 Å². The molecule has 1 aromatic heterocycles. The van der Waals surface area contributed by atoms with Crippen molar-refractivity contribution in [2.75, 3.05) is 11.1 Å². The molecule has 0 saturated heterocycles. The van der Waals surface area contributed by atoms with Crippen molar-refractivity contribution in [2.45, 2.75) is 19.1 Å². The van der Waals surface area contributed by atoms with Crippen molar-refractivity contribution in [1.82, 2.24) is 4.98 Å². The van der Waals surface area contributed by atoms with Crippen molar-refractivity contribution in [3.63, 3.8) is 0 Å². The molecule has 0 aliphatic heterocycles. The molecule has 1 aromatic carbocycles. The van der Waals surface area contributed by atoms with E-state index in [-0.39, 0.29) is 11.9 Å². The fourth-order valence-electron chi connectivity index (χ4n) is 1.94. The van der Waals surface area contributed by atoms with Crippen LogP contribution in [0.3, 0.4) is 0 Å². The van der Waals surface area contributed by atoms with E-state index in [1.165, 1.54) is 12.3 Å². The second kappa shape index (κ2) is 5.40. The molecule has 1 atom stereocenters. The van der Waals surface area contributed by atoms with Crippen LogP contribution in [0.1, 0.15) is 24.1 Å². The molecule has 0 bridgehead atoms. The lowest BCUT2D eigenvalue weighted by Crippen LogP contribution is -2.15. The number of halogens is 3. The van der Waals surface area contributed by atoms with Gasteiger partial charge in [0.1, 0.15) is 5.82 Å². The molecule has 0 radical (unpaired) electrons. The first-order valence-corrected chi connectivity index (χ1v) is 6.02. The molecule has 1 unspecified atom stereocenters. The third-order valence-electron chi connectivity index (χ3n) is 2.93. The maximum Gasteiger partial charge on any atom is 0.419 e. The van der Waals surface area contributed by atoms with Crippen LogP contribution in [-0.2, 0) is 6.18 Å². The molecule has 1 heterocycles. The number of nitrogen functional groups attached to an aromatic ring is 1. The van der Waals surface area contributed by atoms with Gasteiger partial charge in [0.05, 0.1) is 11.6 Å². The molecule has 2 aromatic rings. The van der Waals surface area contributed by atoms with Crippen molar-refractivity contribution >= 4 is 11.5 Å². The first-order chi connectivity index (χ1) is 9.39. The Bertz CT molecular complexity index is 596. The van der Waals surface area contributed by atoms with E-state index in [9.17, 15) is 13.2 Å². The van der Waals surface area contributed by atoms with Gasteiger partial charge in [-0.05, 0) is 30.7 Å². The van der Waals surface area contributed by atoms with E-state index < -0.39 is 11.7 Å². The van der Waals surface area contributed by atoms with Crippen LogP contribution in [-0.4, -0.2) is 4.98 Å². The zero-order valence-electron chi connectivity index (χ0n) is 10.8.